The maximum atomic E-state index is 12.3. The number of alkyl halides is 3. The van der Waals surface area contributed by atoms with Crippen molar-refractivity contribution >= 4 is 0 Å². The van der Waals surface area contributed by atoms with E-state index >= 15 is 0 Å². The van der Waals surface area contributed by atoms with Crippen molar-refractivity contribution in [1.82, 2.24) is 0 Å². The van der Waals surface area contributed by atoms with Crippen molar-refractivity contribution in [3.63, 3.8) is 0 Å². The van der Waals surface area contributed by atoms with E-state index in [1.54, 1.807) is 12.1 Å². The van der Waals surface area contributed by atoms with Gasteiger partial charge in [0.2, 0.25) is 0 Å². The molecule has 96 valence electrons. The topological polar surface area (TPSA) is 20.2 Å². The summed E-state index contributed by atoms with van der Waals surface area (Å²) < 4.78 is 36.9. The molecular weight excluding hydrogens is 229 g/mol. The van der Waals surface area contributed by atoms with Crippen LogP contribution < -0.4 is 0 Å². The van der Waals surface area contributed by atoms with Crippen molar-refractivity contribution in [2.24, 2.45) is 0 Å². The number of benzene rings is 1. The third-order valence-electron chi connectivity index (χ3n) is 3.20. The largest absolute Gasteiger partial charge is 0.418 e. The van der Waals surface area contributed by atoms with Gasteiger partial charge in [-0.1, -0.05) is 45.0 Å². The molecule has 0 fully saturated rings. The number of aliphatic hydroxyl groups is 1. The molecule has 0 radical (unpaired) electrons. The van der Waals surface area contributed by atoms with Crippen molar-refractivity contribution in [3.05, 3.63) is 35.4 Å². The molecule has 1 atom stereocenters. The second-order valence-electron chi connectivity index (χ2n) is 4.80. The van der Waals surface area contributed by atoms with Crippen molar-refractivity contribution < 1.29 is 18.3 Å². The van der Waals surface area contributed by atoms with Gasteiger partial charge < -0.3 is 5.11 Å². The first-order valence-electron chi connectivity index (χ1n) is 5.53. The minimum absolute atomic E-state index is 0.0677. The van der Waals surface area contributed by atoms with E-state index in [2.05, 4.69) is 0 Å². The summed E-state index contributed by atoms with van der Waals surface area (Å²) in [5.74, 6) is 0. The van der Waals surface area contributed by atoms with E-state index in [-0.39, 0.29) is 11.0 Å². The van der Waals surface area contributed by atoms with Crippen molar-refractivity contribution in [1.29, 1.82) is 0 Å². The van der Waals surface area contributed by atoms with Crippen LogP contribution in [-0.2, 0) is 5.41 Å². The molecule has 0 amide bonds. The SMILES string of the molecule is CCC(C)(C)c1ccc(C(O)C(F)(F)F)cc1. The Morgan fingerprint density at radius 3 is 1.94 bits per heavy atom. The van der Waals surface area contributed by atoms with Gasteiger partial charge >= 0.3 is 6.18 Å². The lowest BCUT2D eigenvalue weighted by atomic mass is 9.82. The Bertz CT molecular complexity index is 365. The normalized spacial score (nSPS) is 14.8. The van der Waals surface area contributed by atoms with Crippen LogP contribution in [0.1, 0.15) is 44.4 Å². The number of halogens is 3. The summed E-state index contributed by atoms with van der Waals surface area (Å²) in [5, 5.41) is 9.08. The predicted molar refractivity (Wildman–Crippen MR) is 60.8 cm³/mol. The van der Waals surface area contributed by atoms with E-state index in [9.17, 15) is 13.2 Å². The van der Waals surface area contributed by atoms with E-state index in [1.165, 1.54) is 12.1 Å². The highest BCUT2D eigenvalue weighted by Gasteiger charge is 2.39. The van der Waals surface area contributed by atoms with Crippen LogP contribution in [0.3, 0.4) is 0 Å². The lowest BCUT2D eigenvalue weighted by Gasteiger charge is -2.24. The molecule has 0 aliphatic carbocycles. The van der Waals surface area contributed by atoms with Crippen LogP contribution in [0.2, 0.25) is 0 Å². The highest BCUT2D eigenvalue weighted by atomic mass is 19.4. The highest BCUT2D eigenvalue weighted by Crippen LogP contribution is 2.34. The van der Waals surface area contributed by atoms with Gasteiger partial charge in [-0.25, -0.2) is 0 Å². The monoisotopic (exact) mass is 246 g/mol. The zero-order valence-electron chi connectivity index (χ0n) is 10.2. The number of aliphatic hydroxyl groups excluding tert-OH is 1. The van der Waals surface area contributed by atoms with Crippen LogP contribution >= 0.6 is 0 Å². The maximum absolute atomic E-state index is 12.3. The van der Waals surface area contributed by atoms with Gasteiger partial charge in [0.15, 0.2) is 6.10 Å². The molecule has 1 rings (SSSR count). The van der Waals surface area contributed by atoms with Crippen LogP contribution in [0.15, 0.2) is 24.3 Å². The van der Waals surface area contributed by atoms with Gasteiger partial charge in [-0.2, -0.15) is 13.2 Å². The second-order valence-corrected chi connectivity index (χ2v) is 4.80. The molecule has 0 saturated heterocycles. The Hall–Kier alpha value is -1.03. The van der Waals surface area contributed by atoms with Gasteiger partial charge in [0.05, 0.1) is 0 Å². The van der Waals surface area contributed by atoms with Crippen LogP contribution in [-0.4, -0.2) is 11.3 Å². The van der Waals surface area contributed by atoms with Gasteiger partial charge in [-0.15, -0.1) is 0 Å². The Morgan fingerprint density at radius 2 is 1.59 bits per heavy atom. The minimum Gasteiger partial charge on any atom is -0.379 e. The highest BCUT2D eigenvalue weighted by molar-refractivity contribution is 5.29. The Labute approximate surface area is 99.3 Å². The Kier molecular flexibility index (Phi) is 3.87. The molecule has 0 aliphatic rings. The van der Waals surface area contributed by atoms with Gasteiger partial charge in [-0.05, 0) is 23.0 Å². The number of hydrogen-bond donors (Lipinski definition) is 1. The fourth-order valence-corrected chi connectivity index (χ4v) is 1.51. The molecule has 0 heterocycles. The standard InChI is InChI=1S/C13H17F3O/c1-4-12(2,3)10-7-5-9(6-8-10)11(17)13(14,15)16/h5-8,11,17H,4H2,1-3H3. The Morgan fingerprint density at radius 1 is 1.12 bits per heavy atom. The van der Waals surface area contributed by atoms with Crippen LogP contribution in [0.25, 0.3) is 0 Å². The molecule has 1 N–H and O–H groups in total. The third kappa shape index (κ3) is 3.22. The first-order chi connectivity index (χ1) is 7.68. The summed E-state index contributed by atoms with van der Waals surface area (Å²) in [6.45, 7) is 6.09. The fourth-order valence-electron chi connectivity index (χ4n) is 1.51. The zero-order chi connectivity index (χ0) is 13.3. The summed E-state index contributed by atoms with van der Waals surface area (Å²) in [4.78, 5) is 0. The van der Waals surface area contributed by atoms with E-state index in [1.807, 2.05) is 20.8 Å². The predicted octanol–water partition coefficient (Wildman–Crippen LogP) is 3.97. The number of hydrogen-bond acceptors (Lipinski definition) is 1. The van der Waals surface area contributed by atoms with Crippen molar-refractivity contribution in [2.45, 2.75) is 44.9 Å². The van der Waals surface area contributed by atoms with Crippen molar-refractivity contribution in [2.75, 3.05) is 0 Å². The summed E-state index contributed by atoms with van der Waals surface area (Å²) in [6, 6.07) is 5.97. The molecule has 1 nitrogen and oxygen atoms in total. The molecule has 4 heteroatoms. The molecular formula is C13H17F3O. The first kappa shape index (κ1) is 14.0. The maximum Gasteiger partial charge on any atom is 0.418 e. The van der Waals surface area contributed by atoms with E-state index in [0.29, 0.717) is 0 Å². The molecule has 0 aromatic heterocycles. The van der Waals surface area contributed by atoms with Crippen molar-refractivity contribution in [3.8, 4) is 0 Å². The quantitative estimate of drug-likeness (QED) is 0.855. The van der Waals surface area contributed by atoms with Gasteiger partial charge in [-0.3, -0.25) is 0 Å². The summed E-state index contributed by atoms with van der Waals surface area (Å²) in [5.41, 5.74) is 0.785. The molecule has 0 spiro atoms. The average molecular weight is 246 g/mol. The first-order valence-corrected chi connectivity index (χ1v) is 5.53. The molecule has 0 aliphatic heterocycles. The molecule has 0 bridgehead atoms. The fraction of sp³-hybridized carbons (Fsp3) is 0.538. The molecule has 1 aromatic rings. The van der Waals surface area contributed by atoms with Crippen LogP contribution in [0, 0.1) is 0 Å². The smallest absolute Gasteiger partial charge is 0.379 e. The van der Waals surface area contributed by atoms with Gasteiger partial charge in [0, 0.05) is 0 Å². The molecule has 0 saturated carbocycles. The molecule has 1 aromatic carbocycles. The zero-order valence-corrected chi connectivity index (χ0v) is 10.2. The van der Waals surface area contributed by atoms with Crippen LogP contribution in [0.4, 0.5) is 13.2 Å². The summed E-state index contributed by atoms with van der Waals surface area (Å²) in [6.07, 6.45) is -6.11. The Balaban J connectivity index is 2.97. The van der Waals surface area contributed by atoms with E-state index in [4.69, 9.17) is 5.11 Å². The summed E-state index contributed by atoms with van der Waals surface area (Å²) in [7, 11) is 0. The minimum atomic E-state index is -4.61. The molecule has 1 unspecified atom stereocenters. The second kappa shape index (κ2) is 4.69. The van der Waals surface area contributed by atoms with Gasteiger partial charge in [0.25, 0.3) is 0 Å². The lowest BCUT2D eigenvalue weighted by molar-refractivity contribution is -0.206. The lowest BCUT2D eigenvalue weighted by Crippen LogP contribution is -2.21. The van der Waals surface area contributed by atoms with Gasteiger partial charge in [0.1, 0.15) is 0 Å². The van der Waals surface area contributed by atoms with E-state index in [0.717, 1.165) is 12.0 Å². The van der Waals surface area contributed by atoms with E-state index < -0.39 is 12.3 Å². The average Bonchev–Trinajstić information content (AvgIpc) is 2.27. The van der Waals surface area contributed by atoms with Crippen LogP contribution in [0.5, 0.6) is 0 Å². The molecule has 17 heavy (non-hydrogen) atoms. The number of rotatable bonds is 3. The third-order valence-corrected chi connectivity index (χ3v) is 3.20. The summed E-state index contributed by atoms with van der Waals surface area (Å²) >= 11 is 0.